The molecule has 0 spiro atoms. The molecule has 2 heterocycles. The normalized spacial score (nSPS) is 25.0. The molecule has 1 saturated heterocycles. The lowest BCUT2D eigenvalue weighted by atomic mass is 10.2. The molecule has 17 heavy (non-hydrogen) atoms. The molecule has 5 heteroatoms. The fourth-order valence-electron chi connectivity index (χ4n) is 2.16. The summed E-state index contributed by atoms with van der Waals surface area (Å²) in [5.41, 5.74) is 0.521. The van der Waals surface area contributed by atoms with E-state index in [2.05, 4.69) is 5.10 Å². The summed E-state index contributed by atoms with van der Waals surface area (Å²) in [6, 6.07) is 1.77. The van der Waals surface area contributed by atoms with Crippen molar-refractivity contribution in [2.75, 3.05) is 13.1 Å². The number of hydrogen-bond acceptors (Lipinski definition) is 3. The molecule has 0 radical (unpaired) electrons. The number of morpholine rings is 1. The van der Waals surface area contributed by atoms with Crippen LogP contribution in [-0.4, -0.2) is 45.9 Å². The summed E-state index contributed by atoms with van der Waals surface area (Å²) in [6.45, 7) is 8.04. The zero-order valence-electron chi connectivity index (χ0n) is 10.6. The summed E-state index contributed by atoms with van der Waals surface area (Å²) in [5, 5.41) is 4.24. The highest BCUT2D eigenvalue weighted by Crippen LogP contribution is 2.13. The third kappa shape index (κ3) is 2.66. The van der Waals surface area contributed by atoms with Crippen LogP contribution in [0.1, 0.15) is 31.3 Å². The Bertz CT molecular complexity index is 392. The largest absolute Gasteiger partial charge is 0.372 e. The molecule has 1 fully saturated rings. The Balaban J connectivity index is 2.08. The van der Waals surface area contributed by atoms with Crippen molar-refractivity contribution in [3.63, 3.8) is 0 Å². The number of rotatable bonds is 2. The highest BCUT2D eigenvalue weighted by Gasteiger charge is 2.27. The van der Waals surface area contributed by atoms with E-state index in [1.807, 2.05) is 31.9 Å². The lowest BCUT2D eigenvalue weighted by Crippen LogP contribution is -2.48. The summed E-state index contributed by atoms with van der Waals surface area (Å²) in [4.78, 5) is 14.0. The van der Waals surface area contributed by atoms with Crippen molar-refractivity contribution in [1.82, 2.24) is 14.7 Å². The van der Waals surface area contributed by atoms with Crippen molar-refractivity contribution in [2.45, 2.75) is 39.5 Å². The number of ether oxygens (including phenoxy) is 1. The third-order valence-electron chi connectivity index (χ3n) is 2.89. The van der Waals surface area contributed by atoms with Gasteiger partial charge in [-0.1, -0.05) is 0 Å². The van der Waals surface area contributed by atoms with Gasteiger partial charge in [0.2, 0.25) is 0 Å². The smallest absolute Gasteiger partial charge is 0.274 e. The van der Waals surface area contributed by atoms with Crippen LogP contribution in [-0.2, 0) is 11.3 Å². The minimum Gasteiger partial charge on any atom is -0.372 e. The molecule has 0 bridgehead atoms. The Hall–Kier alpha value is -1.36. The molecular formula is C12H19N3O2. The molecule has 2 rings (SSSR count). The van der Waals surface area contributed by atoms with Gasteiger partial charge >= 0.3 is 0 Å². The van der Waals surface area contributed by atoms with E-state index in [9.17, 15) is 4.79 Å². The van der Waals surface area contributed by atoms with Crippen LogP contribution in [0.2, 0.25) is 0 Å². The number of aromatic nitrogens is 2. The van der Waals surface area contributed by atoms with Gasteiger partial charge in [0.25, 0.3) is 5.91 Å². The minimum absolute atomic E-state index is 0.000741. The van der Waals surface area contributed by atoms with E-state index in [-0.39, 0.29) is 18.1 Å². The third-order valence-corrected chi connectivity index (χ3v) is 2.89. The molecule has 0 saturated carbocycles. The average molecular weight is 237 g/mol. The molecule has 0 unspecified atom stereocenters. The van der Waals surface area contributed by atoms with Crippen LogP contribution in [0, 0.1) is 0 Å². The van der Waals surface area contributed by atoms with Gasteiger partial charge < -0.3 is 9.64 Å². The minimum atomic E-state index is -0.000741. The monoisotopic (exact) mass is 237 g/mol. The number of carbonyl (C=O) groups excluding carboxylic acids is 1. The first-order chi connectivity index (χ1) is 8.10. The van der Waals surface area contributed by atoms with Crippen LogP contribution < -0.4 is 0 Å². The second kappa shape index (κ2) is 4.87. The summed E-state index contributed by atoms with van der Waals surface area (Å²) in [5.74, 6) is -0.000741. The summed E-state index contributed by atoms with van der Waals surface area (Å²) in [7, 11) is 0. The number of nitrogens with zero attached hydrogens (tertiary/aromatic N) is 3. The van der Waals surface area contributed by atoms with Gasteiger partial charge in [0.1, 0.15) is 5.69 Å². The molecule has 1 aromatic rings. The quantitative estimate of drug-likeness (QED) is 0.775. The maximum atomic E-state index is 12.2. The number of aryl methyl sites for hydroxylation is 1. The number of amides is 1. The van der Waals surface area contributed by atoms with Gasteiger partial charge in [-0.15, -0.1) is 0 Å². The van der Waals surface area contributed by atoms with Gasteiger partial charge in [-0.2, -0.15) is 5.10 Å². The molecule has 5 nitrogen and oxygen atoms in total. The maximum absolute atomic E-state index is 12.2. The Morgan fingerprint density at radius 1 is 1.47 bits per heavy atom. The molecule has 2 atom stereocenters. The van der Waals surface area contributed by atoms with Gasteiger partial charge in [0.15, 0.2) is 0 Å². The van der Waals surface area contributed by atoms with Crippen molar-refractivity contribution in [3.8, 4) is 0 Å². The molecule has 1 aromatic heterocycles. The number of hydrogen-bond donors (Lipinski definition) is 0. The van der Waals surface area contributed by atoms with Crippen molar-refractivity contribution < 1.29 is 9.53 Å². The van der Waals surface area contributed by atoms with Crippen LogP contribution in [0.15, 0.2) is 12.3 Å². The molecule has 0 aliphatic carbocycles. The van der Waals surface area contributed by atoms with Crippen molar-refractivity contribution >= 4 is 5.91 Å². The van der Waals surface area contributed by atoms with E-state index in [0.29, 0.717) is 18.8 Å². The second-order valence-electron chi connectivity index (χ2n) is 4.52. The van der Waals surface area contributed by atoms with Gasteiger partial charge in [-0.25, -0.2) is 0 Å². The number of carbonyl (C=O) groups is 1. The predicted octanol–water partition coefficient (Wildman–Crippen LogP) is 1.15. The van der Waals surface area contributed by atoms with E-state index in [1.165, 1.54) is 0 Å². The van der Waals surface area contributed by atoms with Gasteiger partial charge in [-0.3, -0.25) is 9.48 Å². The lowest BCUT2D eigenvalue weighted by Gasteiger charge is -2.34. The fraction of sp³-hybridized carbons (Fsp3) is 0.667. The van der Waals surface area contributed by atoms with Crippen molar-refractivity contribution in [2.24, 2.45) is 0 Å². The first-order valence-corrected chi connectivity index (χ1v) is 6.08. The Morgan fingerprint density at radius 3 is 2.65 bits per heavy atom. The summed E-state index contributed by atoms with van der Waals surface area (Å²) >= 11 is 0. The molecule has 1 aliphatic heterocycles. The molecule has 0 N–H and O–H groups in total. The van der Waals surface area contributed by atoms with Crippen LogP contribution >= 0.6 is 0 Å². The summed E-state index contributed by atoms with van der Waals surface area (Å²) < 4.78 is 7.37. The van der Waals surface area contributed by atoms with Crippen molar-refractivity contribution in [1.29, 1.82) is 0 Å². The fourth-order valence-corrected chi connectivity index (χ4v) is 2.16. The second-order valence-corrected chi connectivity index (χ2v) is 4.52. The lowest BCUT2D eigenvalue weighted by molar-refractivity contribution is -0.0587. The van der Waals surface area contributed by atoms with E-state index in [1.54, 1.807) is 10.7 Å². The SMILES string of the molecule is CCn1ccc(C(=O)N2C[C@@H](C)O[C@H](C)C2)n1. The molecular weight excluding hydrogens is 218 g/mol. The Kier molecular flexibility index (Phi) is 3.47. The summed E-state index contributed by atoms with van der Waals surface area (Å²) in [6.07, 6.45) is 2.02. The highest BCUT2D eigenvalue weighted by atomic mass is 16.5. The molecule has 94 valence electrons. The molecule has 0 aromatic carbocycles. The zero-order valence-corrected chi connectivity index (χ0v) is 10.6. The van der Waals surface area contributed by atoms with E-state index in [4.69, 9.17) is 4.74 Å². The zero-order chi connectivity index (χ0) is 12.4. The predicted molar refractivity (Wildman–Crippen MR) is 63.8 cm³/mol. The van der Waals surface area contributed by atoms with Gasteiger partial charge in [-0.05, 0) is 26.8 Å². The van der Waals surface area contributed by atoms with Crippen LogP contribution in [0.5, 0.6) is 0 Å². The van der Waals surface area contributed by atoms with E-state index in [0.717, 1.165) is 6.54 Å². The van der Waals surface area contributed by atoms with Gasteiger partial charge in [0, 0.05) is 25.8 Å². The average Bonchev–Trinajstić information content (AvgIpc) is 2.75. The Morgan fingerprint density at radius 2 is 2.12 bits per heavy atom. The first kappa shape index (κ1) is 12.1. The maximum Gasteiger partial charge on any atom is 0.274 e. The topological polar surface area (TPSA) is 47.4 Å². The van der Waals surface area contributed by atoms with Gasteiger partial charge in [0.05, 0.1) is 12.2 Å². The highest BCUT2D eigenvalue weighted by molar-refractivity contribution is 5.92. The van der Waals surface area contributed by atoms with Crippen LogP contribution in [0.25, 0.3) is 0 Å². The first-order valence-electron chi connectivity index (χ1n) is 6.08. The van der Waals surface area contributed by atoms with Crippen LogP contribution in [0.3, 0.4) is 0 Å². The standard InChI is InChI=1S/C12H19N3O2/c1-4-15-6-5-11(13-15)12(16)14-7-9(2)17-10(3)8-14/h5-6,9-10H,4,7-8H2,1-3H3/t9-,10-/m1/s1. The molecule has 1 amide bonds. The molecule has 1 aliphatic rings. The van der Waals surface area contributed by atoms with Crippen molar-refractivity contribution in [3.05, 3.63) is 18.0 Å². The van der Waals surface area contributed by atoms with E-state index >= 15 is 0 Å². The Labute approximate surface area is 101 Å². The van der Waals surface area contributed by atoms with Crippen LogP contribution in [0.4, 0.5) is 0 Å². The van der Waals surface area contributed by atoms with E-state index < -0.39 is 0 Å².